The number of anilines is 1. The van der Waals surface area contributed by atoms with Crippen molar-refractivity contribution in [1.29, 1.82) is 0 Å². The van der Waals surface area contributed by atoms with E-state index in [0.717, 1.165) is 17.7 Å². The van der Waals surface area contributed by atoms with E-state index in [0.29, 0.717) is 17.0 Å². The average molecular weight is 372 g/mol. The molecule has 4 nitrogen and oxygen atoms in total. The topological polar surface area (TPSA) is 51.2 Å². The van der Waals surface area contributed by atoms with Gasteiger partial charge in [-0.15, -0.1) is 0 Å². The zero-order valence-corrected chi connectivity index (χ0v) is 14.2. The summed E-state index contributed by atoms with van der Waals surface area (Å²) >= 11 is 0. The van der Waals surface area contributed by atoms with Crippen LogP contribution in [0.3, 0.4) is 0 Å². The molecule has 1 aromatic heterocycles. The van der Waals surface area contributed by atoms with Crippen molar-refractivity contribution in [2.24, 2.45) is 0 Å². The number of nitrogens with one attached hydrogen (secondary N) is 1. The van der Waals surface area contributed by atoms with Gasteiger partial charge in [-0.3, -0.25) is 9.78 Å². The number of carbonyl (C=O) groups excluding carboxylic acids is 1. The predicted octanol–water partition coefficient (Wildman–Crippen LogP) is 5.03. The molecule has 3 aromatic rings. The van der Waals surface area contributed by atoms with E-state index < -0.39 is 17.6 Å². The summed E-state index contributed by atoms with van der Waals surface area (Å²) in [5.41, 5.74) is 0.946. The summed E-state index contributed by atoms with van der Waals surface area (Å²) in [6.07, 6.45) is -2.84. The second-order valence-electron chi connectivity index (χ2n) is 5.66. The molecule has 0 radical (unpaired) electrons. The molecule has 0 saturated carbocycles. The summed E-state index contributed by atoms with van der Waals surface area (Å²) in [5, 5.41) is 2.47. The lowest BCUT2D eigenvalue weighted by Gasteiger charge is -2.10. The fourth-order valence-corrected chi connectivity index (χ4v) is 2.53. The van der Waals surface area contributed by atoms with E-state index in [9.17, 15) is 18.0 Å². The zero-order valence-electron chi connectivity index (χ0n) is 14.2. The first-order valence-electron chi connectivity index (χ1n) is 7.96. The van der Waals surface area contributed by atoms with E-state index in [1.165, 1.54) is 19.2 Å². The number of carbonyl (C=O) groups is 1. The molecule has 0 saturated heterocycles. The van der Waals surface area contributed by atoms with Crippen LogP contribution >= 0.6 is 0 Å². The number of hydrogen-bond acceptors (Lipinski definition) is 3. The van der Waals surface area contributed by atoms with Crippen LogP contribution in [0.4, 0.5) is 18.9 Å². The first-order valence-corrected chi connectivity index (χ1v) is 7.96. The molecule has 7 heteroatoms. The molecule has 0 aliphatic heterocycles. The summed E-state index contributed by atoms with van der Waals surface area (Å²) < 4.78 is 43.6. The van der Waals surface area contributed by atoms with Crippen molar-refractivity contribution in [2.45, 2.75) is 6.18 Å². The summed E-state index contributed by atoms with van der Waals surface area (Å²) in [6, 6.07) is 14.6. The number of hydrogen-bond donors (Lipinski definition) is 1. The highest BCUT2D eigenvalue weighted by molar-refractivity contribution is 6.04. The number of nitrogens with zero attached hydrogens (tertiary/aromatic N) is 1. The number of methoxy groups -OCH3 is 1. The maximum atomic E-state index is 12.8. The van der Waals surface area contributed by atoms with Gasteiger partial charge >= 0.3 is 6.18 Å². The number of amides is 1. The van der Waals surface area contributed by atoms with Gasteiger partial charge in [0, 0.05) is 23.0 Å². The minimum absolute atomic E-state index is 0.0743. The third kappa shape index (κ3) is 4.25. The van der Waals surface area contributed by atoms with Crippen LogP contribution < -0.4 is 10.1 Å². The Morgan fingerprint density at radius 2 is 1.78 bits per heavy atom. The highest BCUT2D eigenvalue weighted by atomic mass is 19.4. The summed E-state index contributed by atoms with van der Waals surface area (Å²) in [7, 11) is 1.54. The van der Waals surface area contributed by atoms with E-state index >= 15 is 0 Å². The van der Waals surface area contributed by atoms with Crippen LogP contribution in [0.2, 0.25) is 0 Å². The standard InChI is InChI=1S/C20H15F3N2O2/c1-27-17-6-3-11-24-18(17)13-7-9-14(10-8-13)19(26)25-16-5-2-4-15(12-16)20(21,22)23/h2-12H,1H3,(H,25,26). The van der Waals surface area contributed by atoms with Crippen molar-refractivity contribution >= 4 is 11.6 Å². The Morgan fingerprint density at radius 1 is 1.04 bits per heavy atom. The minimum atomic E-state index is -4.47. The van der Waals surface area contributed by atoms with Crippen LogP contribution in [0.5, 0.6) is 5.75 Å². The van der Waals surface area contributed by atoms with Crippen molar-refractivity contribution in [1.82, 2.24) is 4.98 Å². The monoisotopic (exact) mass is 372 g/mol. The van der Waals surface area contributed by atoms with Gasteiger partial charge in [0.15, 0.2) is 0 Å². The van der Waals surface area contributed by atoms with Gasteiger partial charge in [0.25, 0.3) is 5.91 Å². The maximum absolute atomic E-state index is 12.8. The molecule has 0 spiro atoms. The molecule has 1 heterocycles. The van der Waals surface area contributed by atoms with E-state index in [1.807, 2.05) is 0 Å². The van der Waals surface area contributed by atoms with Crippen LogP contribution in [-0.4, -0.2) is 18.0 Å². The lowest BCUT2D eigenvalue weighted by Crippen LogP contribution is -2.13. The summed E-state index contributed by atoms with van der Waals surface area (Å²) in [4.78, 5) is 16.6. The van der Waals surface area contributed by atoms with Gasteiger partial charge in [-0.2, -0.15) is 13.2 Å². The minimum Gasteiger partial charge on any atom is -0.494 e. The lowest BCUT2D eigenvalue weighted by molar-refractivity contribution is -0.137. The van der Waals surface area contributed by atoms with Gasteiger partial charge in [-0.05, 0) is 42.5 Å². The molecule has 1 amide bonds. The molecule has 27 heavy (non-hydrogen) atoms. The maximum Gasteiger partial charge on any atom is 0.416 e. The van der Waals surface area contributed by atoms with Crippen LogP contribution in [0.25, 0.3) is 11.3 Å². The molecule has 0 aliphatic carbocycles. The Bertz CT molecular complexity index is 954. The smallest absolute Gasteiger partial charge is 0.416 e. The molecule has 0 atom stereocenters. The predicted molar refractivity (Wildman–Crippen MR) is 95.6 cm³/mol. The first kappa shape index (κ1) is 18.4. The molecule has 0 fully saturated rings. The zero-order chi connectivity index (χ0) is 19.4. The molecular formula is C20H15F3N2O2. The fraction of sp³-hybridized carbons (Fsp3) is 0.100. The molecule has 0 unspecified atom stereocenters. The Morgan fingerprint density at radius 3 is 2.44 bits per heavy atom. The van der Waals surface area contributed by atoms with Crippen LogP contribution in [0.15, 0.2) is 66.9 Å². The van der Waals surface area contributed by atoms with Crippen molar-refractivity contribution in [3.05, 3.63) is 78.0 Å². The summed E-state index contributed by atoms with van der Waals surface area (Å²) in [6.45, 7) is 0. The Balaban J connectivity index is 1.79. The normalized spacial score (nSPS) is 11.1. The number of halogens is 3. The number of benzene rings is 2. The second kappa shape index (κ2) is 7.49. The van der Waals surface area contributed by atoms with Crippen LogP contribution in [0, 0.1) is 0 Å². The highest BCUT2D eigenvalue weighted by Crippen LogP contribution is 2.31. The van der Waals surface area contributed by atoms with Crippen LogP contribution in [0.1, 0.15) is 15.9 Å². The number of pyridine rings is 1. The fourth-order valence-electron chi connectivity index (χ4n) is 2.53. The van der Waals surface area contributed by atoms with Gasteiger partial charge in [-0.1, -0.05) is 18.2 Å². The van der Waals surface area contributed by atoms with E-state index in [1.54, 1.807) is 42.6 Å². The molecule has 1 N–H and O–H groups in total. The van der Waals surface area contributed by atoms with E-state index in [4.69, 9.17) is 4.74 Å². The largest absolute Gasteiger partial charge is 0.494 e. The average Bonchev–Trinajstić information content (AvgIpc) is 2.67. The lowest BCUT2D eigenvalue weighted by atomic mass is 10.1. The number of rotatable bonds is 4. The van der Waals surface area contributed by atoms with Gasteiger partial charge in [0.05, 0.1) is 12.7 Å². The number of ether oxygens (including phenoxy) is 1. The number of aromatic nitrogens is 1. The molecule has 0 aliphatic rings. The Labute approximate surface area is 153 Å². The molecule has 3 rings (SSSR count). The molecular weight excluding hydrogens is 357 g/mol. The quantitative estimate of drug-likeness (QED) is 0.699. The van der Waals surface area contributed by atoms with E-state index in [2.05, 4.69) is 10.3 Å². The second-order valence-corrected chi connectivity index (χ2v) is 5.66. The van der Waals surface area contributed by atoms with Crippen molar-refractivity contribution in [3.8, 4) is 17.0 Å². The molecule has 138 valence electrons. The molecule has 0 bridgehead atoms. The van der Waals surface area contributed by atoms with Gasteiger partial charge < -0.3 is 10.1 Å². The molecule has 2 aromatic carbocycles. The van der Waals surface area contributed by atoms with Crippen LogP contribution in [-0.2, 0) is 6.18 Å². The number of alkyl halides is 3. The van der Waals surface area contributed by atoms with Crippen molar-refractivity contribution < 1.29 is 22.7 Å². The Kier molecular flexibility index (Phi) is 5.12. The Hall–Kier alpha value is -3.35. The third-order valence-corrected chi connectivity index (χ3v) is 3.86. The highest BCUT2D eigenvalue weighted by Gasteiger charge is 2.30. The van der Waals surface area contributed by atoms with Gasteiger partial charge in [0.1, 0.15) is 11.4 Å². The van der Waals surface area contributed by atoms with Crippen molar-refractivity contribution in [3.63, 3.8) is 0 Å². The van der Waals surface area contributed by atoms with Crippen molar-refractivity contribution in [2.75, 3.05) is 12.4 Å². The van der Waals surface area contributed by atoms with Gasteiger partial charge in [-0.25, -0.2) is 0 Å². The first-order chi connectivity index (χ1) is 12.9. The third-order valence-electron chi connectivity index (χ3n) is 3.86. The van der Waals surface area contributed by atoms with Gasteiger partial charge in [0.2, 0.25) is 0 Å². The summed E-state index contributed by atoms with van der Waals surface area (Å²) in [5.74, 6) is 0.0903. The van der Waals surface area contributed by atoms with E-state index in [-0.39, 0.29) is 5.69 Å². The SMILES string of the molecule is COc1cccnc1-c1ccc(C(=O)Nc2cccc(C(F)(F)F)c2)cc1.